The maximum Gasteiger partial charge on any atom is 0.426 e. The summed E-state index contributed by atoms with van der Waals surface area (Å²) in [5.41, 5.74) is -3.94. The van der Waals surface area contributed by atoms with Gasteiger partial charge in [0.1, 0.15) is 0 Å². The number of amides is 1. The number of aliphatic hydroxyl groups excluding tert-OH is 1. The van der Waals surface area contributed by atoms with Crippen LogP contribution >= 0.6 is 11.6 Å². The summed E-state index contributed by atoms with van der Waals surface area (Å²) in [6, 6.07) is 3.05. The number of sulfonamides is 1. The van der Waals surface area contributed by atoms with Crippen LogP contribution in [0.15, 0.2) is 23.1 Å². The number of carbonyl (C=O) groups is 1. The molecule has 7 nitrogen and oxygen atoms in total. The summed E-state index contributed by atoms with van der Waals surface area (Å²) in [5.74, 6) is -1.76. The first-order valence-corrected chi connectivity index (χ1v) is 9.17. The number of nitrogens with one attached hydrogen (secondary N) is 1. The van der Waals surface area contributed by atoms with Crippen molar-refractivity contribution in [1.82, 2.24) is 4.31 Å². The first kappa shape index (κ1) is 20.9. The lowest BCUT2D eigenvalue weighted by Gasteiger charge is -2.25. The third-order valence-electron chi connectivity index (χ3n) is 3.95. The normalized spacial score (nSPS) is 21.4. The number of anilines is 1. The Morgan fingerprint density at radius 3 is 2.46 bits per heavy atom. The lowest BCUT2D eigenvalue weighted by Crippen LogP contribution is -2.52. The molecule has 1 saturated heterocycles. The molecule has 0 radical (unpaired) electrons. The molecular formula is C14H16ClF3N2O5S. The van der Waals surface area contributed by atoms with Gasteiger partial charge in [-0.25, -0.2) is 8.42 Å². The summed E-state index contributed by atoms with van der Waals surface area (Å²) in [6.45, 7) is 0.328. The van der Waals surface area contributed by atoms with Crippen LogP contribution in [-0.2, 0) is 14.8 Å². The van der Waals surface area contributed by atoms with Crippen molar-refractivity contribution in [3.8, 4) is 0 Å². The minimum atomic E-state index is -5.20. The van der Waals surface area contributed by atoms with E-state index >= 15 is 0 Å². The van der Waals surface area contributed by atoms with Crippen LogP contribution in [0.4, 0.5) is 18.9 Å². The van der Waals surface area contributed by atoms with Crippen molar-refractivity contribution in [1.29, 1.82) is 0 Å². The predicted molar refractivity (Wildman–Crippen MR) is 86.1 cm³/mol. The standard InChI is InChI=1S/C14H16ClF3N2O5S/c1-13(23,14(16,17)18)12(22)19-11-3-2-9(6-10(11)15)26(24,25)20-5-4-8(21)7-20/h2-3,6,8,21,23H,4-5,7H2,1H3,(H,19,22)/t8-,13-/m1/s1. The molecule has 0 aromatic heterocycles. The Labute approximate surface area is 152 Å². The third kappa shape index (κ3) is 3.96. The monoisotopic (exact) mass is 416 g/mol. The Kier molecular flexibility index (Phi) is 5.60. The second-order valence-electron chi connectivity index (χ2n) is 5.97. The van der Waals surface area contributed by atoms with Gasteiger partial charge in [0, 0.05) is 13.1 Å². The maximum absolute atomic E-state index is 12.7. The number of rotatable bonds is 4. The van der Waals surface area contributed by atoms with E-state index in [0.717, 1.165) is 22.5 Å². The van der Waals surface area contributed by atoms with Crippen LogP contribution in [-0.4, -0.2) is 59.8 Å². The fourth-order valence-corrected chi connectivity index (χ4v) is 4.02. The van der Waals surface area contributed by atoms with E-state index < -0.39 is 33.8 Å². The minimum Gasteiger partial charge on any atom is -0.392 e. The Bertz CT molecular complexity index is 813. The van der Waals surface area contributed by atoms with E-state index in [2.05, 4.69) is 0 Å². The van der Waals surface area contributed by atoms with Crippen LogP contribution in [0.2, 0.25) is 5.02 Å². The molecule has 3 N–H and O–H groups in total. The van der Waals surface area contributed by atoms with Gasteiger partial charge in [0.15, 0.2) is 0 Å². The maximum atomic E-state index is 12.7. The minimum absolute atomic E-state index is 0.0765. The molecule has 0 unspecified atom stereocenters. The summed E-state index contributed by atoms with van der Waals surface area (Å²) < 4.78 is 63.9. The number of alkyl halides is 3. The molecule has 0 aliphatic carbocycles. The summed E-state index contributed by atoms with van der Waals surface area (Å²) >= 11 is 5.87. The van der Waals surface area contributed by atoms with E-state index in [4.69, 9.17) is 11.6 Å². The van der Waals surface area contributed by atoms with Crippen molar-refractivity contribution in [2.75, 3.05) is 18.4 Å². The van der Waals surface area contributed by atoms with Gasteiger partial charge in [0.25, 0.3) is 5.91 Å². The third-order valence-corrected chi connectivity index (χ3v) is 6.12. The van der Waals surface area contributed by atoms with Crippen LogP contribution in [0.25, 0.3) is 0 Å². The van der Waals surface area contributed by atoms with E-state index in [9.17, 15) is 36.6 Å². The van der Waals surface area contributed by atoms with Gasteiger partial charge >= 0.3 is 6.18 Å². The molecule has 0 bridgehead atoms. The zero-order chi connectivity index (χ0) is 19.9. The molecule has 1 aliphatic heterocycles. The number of β-amino-alcohol motifs (C(OH)–C–C–N with tert-alkyl or cyclic N) is 1. The van der Waals surface area contributed by atoms with Crippen LogP contribution in [0.3, 0.4) is 0 Å². The molecule has 26 heavy (non-hydrogen) atoms. The quantitative estimate of drug-likeness (QED) is 0.686. The summed E-state index contributed by atoms with van der Waals surface area (Å²) in [5, 5.41) is 20.3. The van der Waals surface area contributed by atoms with Gasteiger partial charge in [0.2, 0.25) is 15.6 Å². The number of aliphatic hydroxyl groups is 2. The average molecular weight is 417 g/mol. The molecule has 0 saturated carbocycles. The highest BCUT2D eigenvalue weighted by Crippen LogP contribution is 2.33. The van der Waals surface area contributed by atoms with E-state index in [1.807, 2.05) is 5.32 Å². The van der Waals surface area contributed by atoms with Gasteiger partial charge in [-0.2, -0.15) is 17.5 Å². The highest BCUT2D eigenvalue weighted by molar-refractivity contribution is 7.89. The molecule has 2 atom stereocenters. The van der Waals surface area contributed by atoms with Gasteiger partial charge in [-0.1, -0.05) is 11.6 Å². The highest BCUT2D eigenvalue weighted by atomic mass is 35.5. The van der Waals surface area contributed by atoms with E-state index in [1.54, 1.807) is 0 Å². The average Bonchev–Trinajstić information content (AvgIpc) is 2.95. The molecule has 0 spiro atoms. The van der Waals surface area contributed by atoms with E-state index in [0.29, 0.717) is 0 Å². The number of hydrogen-bond acceptors (Lipinski definition) is 5. The Morgan fingerprint density at radius 1 is 1.38 bits per heavy atom. The van der Waals surface area contributed by atoms with Crippen LogP contribution in [0.1, 0.15) is 13.3 Å². The van der Waals surface area contributed by atoms with Gasteiger partial charge in [-0.3, -0.25) is 4.79 Å². The van der Waals surface area contributed by atoms with Crippen molar-refractivity contribution in [3.63, 3.8) is 0 Å². The van der Waals surface area contributed by atoms with Gasteiger partial charge in [0.05, 0.1) is 21.7 Å². The van der Waals surface area contributed by atoms with Crippen molar-refractivity contribution >= 4 is 33.2 Å². The zero-order valence-electron chi connectivity index (χ0n) is 13.4. The Balaban J connectivity index is 2.24. The second-order valence-corrected chi connectivity index (χ2v) is 8.32. The molecule has 2 rings (SSSR count). The Hall–Kier alpha value is -1.40. The molecule has 1 amide bonds. The van der Waals surface area contributed by atoms with Crippen molar-refractivity contribution in [3.05, 3.63) is 23.2 Å². The lowest BCUT2D eigenvalue weighted by atomic mass is 10.1. The van der Waals surface area contributed by atoms with Crippen LogP contribution < -0.4 is 5.32 Å². The number of carbonyl (C=O) groups excluding carboxylic acids is 1. The number of hydrogen-bond donors (Lipinski definition) is 3. The molecule has 1 aliphatic rings. The fraction of sp³-hybridized carbons (Fsp3) is 0.500. The molecular weight excluding hydrogens is 401 g/mol. The molecule has 1 aromatic carbocycles. The first-order chi connectivity index (χ1) is 11.8. The SMILES string of the molecule is C[C@@](O)(C(=O)Nc1ccc(S(=O)(=O)N2CC[C@@H](O)C2)cc1Cl)C(F)(F)F. The number of halogens is 4. The van der Waals surface area contributed by atoms with Crippen molar-refractivity contribution < 1.29 is 36.6 Å². The molecule has 1 fully saturated rings. The predicted octanol–water partition coefficient (Wildman–Crippen LogP) is 1.35. The number of nitrogens with zero attached hydrogens (tertiary/aromatic N) is 1. The summed E-state index contributed by atoms with van der Waals surface area (Å²) in [7, 11) is -3.94. The largest absolute Gasteiger partial charge is 0.426 e. The Morgan fingerprint density at radius 2 is 2.00 bits per heavy atom. The molecule has 146 valence electrons. The summed E-state index contributed by atoms with van der Waals surface area (Å²) in [4.78, 5) is 11.4. The van der Waals surface area contributed by atoms with E-state index in [-0.39, 0.29) is 42.0 Å². The van der Waals surface area contributed by atoms with E-state index in [1.165, 1.54) is 0 Å². The highest BCUT2D eigenvalue weighted by Gasteiger charge is 2.55. The van der Waals surface area contributed by atoms with Gasteiger partial charge in [-0.05, 0) is 31.5 Å². The smallest absolute Gasteiger partial charge is 0.392 e. The van der Waals surface area contributed by atoms with Crippen LogP contribution in [0.5, 0.6) is 0 Å². The van der Waals surface area contributed by atoms with Crippen molar-refractivity contribution in [2.24, 2.45) is 0 Å². The topological polar surface area (TPSA) is 107 Å². The second kappa shape index (κ2) is 6.97. The lowest BCUT2D eigenvalue weighted by molar-refractivity contribution is -0.242. The molecule has 12 heteroatoms. The van der Waals surface area contributed by atoms with Gasteiger partial charge in [-0.15, -0.1) is 0 Å². The van der Waals surface area contributed by atoms with Crippen LogP contribution in [0, 0.1) is 0 Å². The molecule has 1 heterocycles. The molecule has 1 aromatic rings. The summed E-state index contributed by atoms with van der Waals surface area (Å²) in [6.07, 6.45) is -5.69. The first-order valence-electron chi connectivity index (χ1n) is 7.35. The zero-order valence-corrected chi connectivity index (χ0v) is 15.0. The van der Waals surface area contributed by atoms with Crippen molar-refractivity contribution in [2.45, 2.75) is 36.1 Å². The fourth-order valence-electron chi connectivity index (χ4n) is 2.21. The number of benzene rings is 1. The van der Waals surface area contributed by atoms with Gasteiger partial charge < -0.3 is 15.5 Å².